The average molecular weight is 352 g/mol. The molecule has 0 bridgehead atoms. The number of ether oxygens (including phenoxy) is 1. The molecule has 2 atom stereocenters. The van der Waals surface area contributed by atoms with Crippen molar-refractivity contribution in [1.29, 1.82) is 0 Å². The fraction of sp³-hybridized carbons (Fsp3) is 0.316. The summed E-state index contributed by atoms with van der Waals surface area (Å²) in [6, 6.07) is 9.96. The van der Waals surface area contributed by atoms with Gasteiger partial charge in [-0.3, -0.25) is 9.48 Å². The Morgan fingerprint density at radius 1 is 1.31 bits per heavy atom. The van der Waals surface area contributed by atoms with Crippen LogP contribution >= 0.6 is 0 Å². The lowest BCUT2D eigenvalue weighted by molar-refractivity contribution is -0.151. The zero-order valence-corrected chi connectivity index (χ0v) is 14.2. The molecule has 1 aliphatic rings. The van der Waals surface area contributed by atoms with Crippen molar-refractivity contribution in [3.63, 3.8) is 0 Å². The highest BCUT2D eigenvalue weighted by molar-refractivity contribution is 5.71. The number of nitrogens with zero attached hydrogens (tertiary/aromatic N) is 4. The Kier molecular flexibility index (Phi) is 4.53. The van der Waals surface area contributed by atoms with Crippen molar-refractivity contribution in [2.45, 2.75) is 25.5 Å². The summed E-state index contributed by atoms with van der Waals surface area (Å²) in [6.45, 7) is 1.19. The summed E-state index contributed by atoms with van der Waals surface area (Å²) < 4.78 is 9.35. The van der Waals surface area contributed by atoms with Gasteiger partial charge in [0.2, 0.25) is 0 Å². The minimum absolute atomic E-state index is 0.426. The molecule has 0 aliphatic carbocycles. The van der Waals surface area contributed by atoms with E-state index >= 15 is 0 Å². The lowest BCUT2D eigenvalue weighted by Gasteiger charge is -2.28. The predicted molar refractivity (Wildman–Crippen MR) is 93.9 cm³/mol. The van der Waals surface area contributed by atoms with Crippen LogP contribution in [-0.2, 0) is 16.1 Å². The quantitative estimate of drug-likeness (QED) is 0.763. The van der Waals surface area contributed by atoms with E-state index in [-0.39, 0.29) is 0 Å². The fourth-order valence-corrected chi connectivity index (χ4v) is 3.38. The summed E-state index contributed by atoms with van der Waals surface area (Å²) in [6.07, 6.45) is 8.23. The van der Waals surface area contributed by atoms with E-state index < -0.39 is 18.0 Å². The van der Waals surface area contributed by atoms with Gasteiger partial charge in [0.15, 0.2) is 0 Å². The van der Waals surface area contributed by atoms with Gasteiger partial charge in [-0.25, -0.2) is 4.68 Å². The van der Waals surface area contributed by atoms with Crippen molar-refractivity contribution < 1.29 is 14.6 Å². The number of carboxylic acid groups (broad SMARTS) is 1. The van der Waals surface area contributed by atoms with Gasteiger partial charge in [0, 0.05) is 30.8 Å². The standard InChI is InChI=1S/C19H20N4O3/c24-19(25)17-6-2-9-26-18(17)15-11-21-22(13-15)12-14-4-1-5-16(10-14)23-8-3-7-20-23/h1,3-5,7-8,10-11,13,17-18H,2,6,9,12H2,(H,24,25)/t17-,18+/m1/s1. The second-order valence-corrected chi connectivity index (χ2v) is 6.47. The van der Waals surface area contributed by atoms with Crippen LogP contribution in [0.2, 0.25) is 0 Å². The van der Waals surface area contributed by atoms with E-state index in [1.54, 1.807) is 12.4 Å². The van der Waals surface area contributed by atoms with Gasteiger partial charge in [-0.05, 0) is 36.6 Å². The molecule has 1 saturated heterocycles. The predicted octanol–water partition coefficient (Wildman–Crippen LogP) is 2.67. The second-order valence-electron chi connectivity index (χ2n) is 6.47. The van der Waals surface area contributed by atoms with Crippen LogP contribution in [0.5, 0.6) is 0 Å². The van der Waals surface area contributed by atoms with E-state index in [9.17, 15) is 9.90 Å². The van der Waals surface area contributed by atoms with Crippen LogP contribution in [0.4, 0.5) is 0 Å². The first-order chi connectivity index (χ1) is 12.7. The number of hydrogen-bond acceptors (Lipinski definition) is 4. The first kappa shape index (κ1) is 16.5. The molecule has 4 rings (SSSR count). The molecule has 7 heteroatoms. The first-order valence-corrected chi connectivity index (χ1v) is 8.66. The summed E-state index contributed by atoms with van der Waals surface area (Å²) >= 11 is 0. The van der Waals surface area contributed by atoms with Gasteiger partial charge >= 0.3 is 5.97 Å². The highest BCUT2D eigenvalue weighted by atomic mass is 16.5. The smallest absolute Gasteiger partial charge is 0.309 e. The summed E-state index contributed by atoms with van der Waals surface area (Å²) in [5.74, 6) is -1.32. The van der Waals surface area contributed by atoms with E-state index in [0.717, 1.165) is 23.2 Å². The van der Waals surface area contributed by atoms with Crippen molar-refractivity contribution >= 4 is 5.97 Å². The highest BCUT2D eigenvalue weighted by Crippen LogP contribution is 2.33. The molecule has 3 heterocycles. The first-order valence-electron chi connectivity index (χ1n) is 8.66. The Morgan fingerprint density at radius 2 is 2.23 bits per heavy atom. The highest BCUT2D eigenvalue weighted by Gasteiger charge is 2.33. The molecular formula is C19H20N4O3. The SMILES string of the molecule is O=C(O)[C@@H]1CCCO[C@H]1c1cnn(Cc2cccc(-n3cccn3)c2)c1. The molecule has 0 saturated carbocycles. The lowest BCUT2D eigenvalue weighted by Crippen LogP contribution is -2.28. The normalized spacial score (nSPS) is 20.2. The van der Waals surface area contributed by atoms with E-state index in [4.69, 9.17) is 4.74 Å². The van der Waals surface area contributed by atoms with Crippen LogP contribution < -0.4 is 0 Å². The third kappa shape index (κ3) is 3.39. The number of benzene rings is 1. The van der Waals surface area contributed by atoms with Gasteiger partial charge in [0.25, 0.3) is 0 Å². The van der Waals surface area contributed by atoms with E-state index in [1.807, 2.05) is 46.0 Å². The summed E-state index contributed by atoms with van der Waals surface area (Å²) in [7, 11) is 0. The van der Waals surface area contributed by atoms with Gasteiger partial charge in [0.1, 0.15) is 0 Å². The third-order valence-corrected chi connectivity index (χ3v) is 4.65. The number of carboxylic acids is 1. The molecule has 0 unspecified atom stereocenters. The zero-order valence-electron chi connectivity index (χ0n) is 14.2. The van der Waals surface area contributed by atoms with Gasteiger partial charge in [-0.15, -0.1) is 0 Å². The van der Waals surface area contributed by atoms with Crippen LogP contribution in [0.1, 0.15) is 30.1 Å². The summed E-state index contributed by atoms with van der Waals surface area (Å²) in [4.78, 5) is 11.5. The molecule has 0 radical (unpaired) electrons. The van der Waals surface area contributed by atoms with Crippen molar-refractivity contribution in [2.24, 2.45) is 5.92 Å². The third-order valence-electron chi connectivity index (χ3n) is 4.65. The molecule has 7 nitrogen and oxygen atoms in total. The van der Waals surface area contributed by atoms with Gasteiger partial charge < -0.3 is 9.84 Å². The number of aliphatic carboxylic acids is 1. The Labute approximate surface area is 150 Å². The van der Waals surface area contributed by atoms with E-state index in [1.165, 1.54) is 0 Å². The van der Waals surface area contributed by atoms with Crippen LogP contribution in [0, 0.1) is 5.92 Å². The molecule has 134 valence electrons. The summed E-state index contributed by atoms with van der Waals surface area (Å²) in [5.41, 5.74) is 2.90. The van der Waals surface area contributed by atoms with Crippen LogP contribution in [-0.4, -0.2) is 37.2 Å². The van der Waals surface area contributed by atoms with Crippen molar-refractivity contribution in [2.75, 3.05) is 6.61 Å². The maximum atomic E-state index is 11.5. The minimum atomic E-state index is -0.811. The van der Waals surface area contributed by atoms with Crippen molar-refractivity contribution in [1.82, 2.24) is 19.6 Å². The molecule has 1 aliphatic heterocycles. The topological polar surface area (TPSA) is 82.2 Å². The average Bonchev–Trinajstić information content (AvgIpc) is 3.34. The number of hydrogen-bond donors (Lipinski definition) is 1. The van der Waals surface area contributed by atoms with Crippen LogP contribution in [0.25, 0.3) is 5.69 Å². The molecule has 3 aromatic rings. The monoisotopic (exact) mass is 352 g/mol. The molecule has 1 N–H and O–H groups in total. The molecule has 1 fully saturated rings. The number of aromatic nitrogens is 4. The van der Waals surface area contributed by atoms with Crippen LogP contribution in [0.15, 0.2) is 55.1 Å². The maximum absolute atomic E-state index is 11.5. The maximum Gasteiger partial charge on any atom is 0.309 e. The van der Waals surface area contributed by atoms with Crippen LogP contribution in [0.3, 0.4) is 0 Å². The largest absolute Gasteiger partial charge is 0.481 e. The van der Waals surface area contributed by atoms with Gasteiger partial charge in [0.05, 0.1) is 30.5 Å². The molecule has 0 spiro atoms. The van der Waals surface area contributed by atoms with E-state index in [0.29, 0.717) is 19.6 Å². The number of carbonyl (C=O) groups is 1. The van der Waals surface area contributed by atoms with Crippen molar-refractivity contribution in [3.8, 4) is 5.69 Å². The Bertz CT molecular complexity index is 888. The number of rotatable bonds is 5. The van der Waals surface area contributed by atoms with Gasteiger partial charge in [-0.1, -0.05) is 12.1 Å². The van der Waals surface area contributed by atoms with Gasteiger partial charge in [-0.2, -0.15) is 10.2 Å². The minimum Gasteiger partial charge on any atom is -0.481 e. The van der Waals surface area contributed by atoms with Crippen molar-refractivity contribution in [3.05, 3.63) is 66.2 Å². The fourth-order valence-electron chi connectivity index (χ4n) is 3.38. The van der Waals surface area contributed by atoms with E-state index in [2.05, 4.69) is 16.3 Å². The second kappa shape index (κ2) is 7.13. The Morgan fingerprint density at radius 3 is 3.04 bits per heavy atom. The lowest BCUT2D eigenvalue weighted by atomic mass is 9.91. The Hall–Kier alpha value is -2.93. The zero-order chi connectivity index (χ0) is 17.9. The molecule has 0 amide bonds. The molecular weight excluding hydrogens is 332 g/mol. The molecule has 2 aromatic heterocycles. The Balaban J connectivity index is 1.52. The summed E-state index contributed by atoms with van der Waals surface area (Å²) in [5, 5.41) is 18.1. The molecule has 26 heavy (non-hydrogen) atoms. The molecule has 1 aromatic carbocycles.